The first kappa shape index (κ1) is 18.9. The Morgan fingerprint density at radius 3 is 2.52 bits per heavy atom. The average molecular weight is 379 g/mol. The van der Waals surface area contributed by atoms with E-state index in [1.807, 2.05) is 68.4 Å². The quantitative estimate of drug-likeness (QED) is 0.518. The average Bonchev–Trinajstić information content (AvgIpc) is 2.64. The largest absolute Gasteiger partial charge is 0.384 e. The van der Waals surface area contributed by atoms with E-state index >= 15 is 0 Å². The maximum Gasteiger partial charge on any atom is 0.237 e. The normalized spacial score (nSPS) is 10.6. The highest BCUT2D eigenvalue weighted by atomic mass is 32.2. The first-order valence-electron chi connectivity index (χ1n) is 8.66. The van der Waals surface area contributed by atoms with Gasteiger partial charge in [-0.3, -0.25) is 4.79 Å². The molecule has 3 rings (SSSR count). The van der Waals surface area contributed by atoms with Crippen molar-refractivity contribution in [2.45, 2.75) is 25.5 Å². The molecule has 3 aromatic rings. The van der Waals surface area contributed by atoms with E-state index in [4.69, 9.17) is 5.73 Å². The fourth-order valence-corrected chi connectivity index (χ4v) is 3.51. The van der Waals surface area contributed by atoms with Gasteiger partial charge in [0.15, 0.2) is 5.16 Å². The molecule has 138 valence electrons. The summed E-state index contributed by atoms with van der Waals surface area (Å²) in [5.74, 6) is 0.652. The number of carbonyl (C=O) groups is 1. The molecule has 0 saturated carbocycles. The Kier molecular flexibility index (Phi) is 6.08. The van der Waals surface area contributed by atoms with Gasteiger partial charge in [-0.05, 0) is 37.1 Å². The molecule has 0 aliphatic rings. The summed E-state index contributed by atoms with van der Waals surface area (Å²) >= 11 is 1.30. The summed E-state index contributed by atoms with van der Waals surface area (Å²) in [7, 11) is 0. The Labute approximate surface area is 163 Å². The number of amides is 1. The maximum atomic E-state index is 13.0. The number of nitrogen functional groups attached to an aromatic ring is 1. The smallest absolute Gasteiger partial charge is 0.237 e. The maximum absolute atomic E-state index is 13.0. The van der Waals surface area contributed by atoms with Gasteiger partial charge in [-0.25, -0.2) is 9.97 Å². The molecule has 0 radical (unpaired) electrons. The van der Waals surface area contributed by atoms with E-state index in [0.717, 1.165) is 22.5 Å². The van der Waals surface area contributed by atoms with Crippen LogP contribution in [-0.2, 0) is 11.3 Å². The molecule has 0 unspecified atom stereocenters. The van der Waals surface area contributed by atoms with Gasteiger partial charge >= 0.3 is 0 Å². The zero-order valence-electron chi connectivity index (χ0n) is 15.4. The second-order valence-electron chi connectivity index (χ2n) is 6.31. The molecule has 0 aliphatic heterocycles. The van der Waals surface area contributed by atoms with E-state index in [0.29, 0.717) is 17.5 Å². The van der Waals surface area contributed by atoms with Crippen molar-refractivity contribution < 1.29 is 4.79 Å². The molecule has 0 bridgehead atoms. The number of nitrogens with two attached hydrogens (primary N) is 1. The molecular formula is C21H22N4OS. The zero-order chi connectivity index (χ0) is 19.2. The second kappa shape index (κ2) is 8.68. The number of benzene rings is 2. The monoisotopic (exact) mass is 378 g/mol. The minimum absolute atomic E-state index is 0.00173. The highest BCUT2D eigenvalue weighted by Gasteiger charge is 2.17. The van der Waals surface area contributed by atoms with Crippen LogP contribution in [0.25, 0.3) is 0 Å². The van der Waals surface area contributed by atoms with Crippen LogP contribution in [0.2, 0.25) is 0 Å². The third-order valence-corrected chi connectivity index (χ3v) is 4.81. The van der Waals surface area contributed by atoms with E-state index in [1.54, 1.807) is 11.0 Å². The molecule has 0 atom stereocenters. The lowest BCUT2D eigenvalue weighted by molar-refractivity contribution is -0.116. The van der Waals surface area contributed by atoms with Crippen LogP contribution in [-0.4, -0.2) is 21.6 Å². The molecule has 6 heteroatoms. The number of thioether (sulfide) groups is 1. The van der Waals surface area contributed by atoms with Crippen molar-refractivity contribution in [3.8, 4) is 0 Å². The minimum atomic E-state index is -0.00173. The van der Waals surface area contributed by atoms with Gasteiger partial charge in [-0.2, -0.15) is 0 Å². The van der Waals surface area contributed by atoms with E-state index in [2.05, 4.69) is 9.97 Å². The Hall–Kier alpha value is -2.86. The molecule has 1 amide bonds. The number of carbonyl (C=O) groups excluding carboxylic acids is 1. The van der Waals surface area contributed by atoms with Gasteiger partial charge in [0.25, 0.3) is 0 Å². The number of anilines is 2. The van der Waals surface area contributed by atoms with Crippen LogP contribution < -0.4 is 10.6 Å². The summed E-state index contributed by atoms with van der Waals surface area (Å²) in [5, 5.41) is 0.518. The molecule has 0 saturated heterocycles. The van der Waals surface area contributed by atoms with Crippen LogP contribution in [0, 0.1) is 13.8 Å². The van der Waals surface area contributed by atoms with E-state index < -0.39 is 0 Å². The fraction of sp³-hybridized carbons (Fsp3) is 0.190. The van der Waals surface area contributed by atoms with Crippen molar-refractivity contribution in [2.75, 3.05) is 16.4 Å². The minimum Gasteiger partial charge on any atom is -0.384 e. The van der Waals surface area contributed by atoms with E-state index in [9.17, 15) is 4.79 Å². The summed E-state index contributed by atoms with van der Waals surface area (Å²) in [6.45, 7) is 4.39. The van der Waals surface area contributed by atoms with Crippen molar-refractivity contribution in [3.63, 3.8) is 0 Å². The fourth-order valence-electron chi connectivity index (χ4n) is 2.72. The van der Waals surface area contributed by atoms with Gasteiger partial charge in [0.2, 0.25) is 5.91 Å². The zero-order valence-corrected chi connectivity index (χ0v) is 16.2. The Morgan fingerprint density at radius 1 is 1.04 bits per heavy atom. The lowest BCUT2D eigenvalue weighted by Gasteiger charge is -2.23. The first-order valence-corrected chi connectivity index (χ1v) is 9.65. The molecule has 27 heavy (non-hydrogen) atoms. The lowest BCUT2D eigenvalue weighted by atomic mass is 10.1. The number of hydrogen-bond acceptors (Lipinski definition) is 5. The molecule has 1 heterocycles. The van der Waals surface area contributed by atoms with Gasteiger partial charge in [-0.1, -0.05) is 54.2 Å². The third kappa shape index (κ3) is 5.31. The highest BCUT2D eigenvalue weighted by Crippen LogP contribution is 2.22. The molecule has 1 aromatic heterocycles. The van der Waals surface area contributed by atoms with E-state index in [1.165, 1.54) is 11.8 Å². The van der Waals surface area contributed by atoms with Gasteiger partial charge in [-0.15, -0.1) is 0 Å². The number of aromatic nitrogens is 2. The molecule has 2 N–H and O–H groups in total. The molecule has 2 aromatic carbocycles. The summed E-state index contributed by atoms with van der Waals surface area (Å²) in [4.78, 5) is 23.4. The van der Waals surface area contributed by atoms with Gasteiger partial charge in [0, 0.05) is 17.4 Å². The molecule has 0 spiro atoms. The second-order valence-corrected chi connectivity index (χ2v) is 7.25. The van der Waals surface area contributed by atoms with Crippen molar-refractivity contribution in [1.29, 1.82) is 0 Å². The number of hydrogen-bond donors (Lipinski definition) is 1. The van der Waals surface area contributed by atoms with Crippen LogP contribution in [0.5, 0.6) is 0 Å². The van der Waals surface area contributed by atoms with Crippen LogP contribution in [0.1, 0.15) is 16.8 Å². The first-order chi connectivity index (χ1) is 13.0. The van der Waals surface area contributed by atoms with Crippen molar-refractivity contribution in [1.82, 2.24) is 9.97 Å². The molecule has 5 nitrogen and oxygen atoms in total. The lowest BCUT2D eigenvalue weighted by Crippen LogP contribution is -2.32. The highest BCUT2D eigenvalue weighted by molar-refractivity contribution is 7.99. The van der Waals surface area contributed by atoms with Crippen LogP contribution in [0.15, 0.2) is 65.8 Å². The van der Waals surface area contributed by atoms with Crippen molar-refractivity contribution in [2.24, 2.45) is 0 Å². The summed E-state index contributed by atoms with van der Waals surface area (Å²) < 4.78 is 0. The van der Waals surface area contributed by atoms with Crippen LogP contribution in [0.4, 0.5) is 11.5 Å². The topological polar surface area (TPSA) is 72.1 Å². The Morgan fingerprint density at radius 2 is 1.81 bits per heavy atom. The van der Waals surface area contributed by atoms with Gasteiger partial charge in [0.05, 0.1) is 12.3 Å². The summed E-state index contributed by atoms with van der Waals surface area (Å²) in [5.41, 5.74) is 9.64. The van der Waals surface area contributed by atoms with Crippen LogP contribution >= 0.6 is 11.8 Å². The molecule has 0 aliphatic carbocycles. The number of aryl methyl sites for hydroxylation is 2. The summed E-state index contributed by atoms with van der Waals surface area (Å²) in [6, 6.07) is 19.6. The molecule has 0 fully saturated rings. The van der Waals surface area contributed by atoms with Gasteiger partial charge < -0.3 is 10.6 Å². The molecular weight excluding hydrogens is 356 g/mol. The predicted octanol–water partition coefficient (Wildman–Crippen LogP) is 4.00. The number of rotatable bonds is 6. The third-order valence-electron chi connectivity index (χ3n) is 3.98. The van der Waals surface area contributed by atoms with Crippen LogP contribution in [0.3, 0.4) is 0 Å². The van der Waals surface area contributed by atoms with Crippen molar-refractivity contribution >= 4 is 29.2 Å². The number of nitrogens with zero attached hydrogens (tertiary/aromatic N) is 3. The Bertz CT molecular complexity index is 910. The van der Waals surface area contributed by atoms with Crippen molar-refractivity contribution in [3.05, 3.63) is 77.5 Å². The predicted molar refractivity (Wildman–Crippen MR) is 111 cm³/mol. The van der Waals surface area contributed by atoms with E-state index in [-0.39, 0.29) is 11.7 Å². The summed E-state index contributed by atoms with van der Waals surface area (Å²) in [6.07, 6.45) is 0. The SMILES string of the molecule is Cc1cccc(N(Cc2ccccc2)C(=O)CSc2nc(C)cc(N)n2)c1. The standard InChI is InChI=1S/C21H22N4OS/c1-15-7-6-10-18(11-15)25(13-17-8-4-3-5-9-17)20(26)14-27-21-23-16(2)12-19(22)24-21/h3-12H,13-14H2,1-2H3,(H2,22,23,24). The Balaban J connectivity index is 1.79. The van der Waals surface area contributed by atoms with Gasteiger partial charge in [0.1, 0.15) is 5.82 Å².